The van der Waals surface area contributed by atoms with E-state index in [0.29, 0.717) is 6.42 Å². The maximum atomic E-state index is 12.4. The number of rotatable bonds is 6. The normalized spacial score (nSPS) is 22.1. The van der Waals surface area contributed by atoms with Gasteiger partial charge in [0.25, 0.3) is 0 Å². The molecule has 3 rings (SSSR count). The zero-order chi connectivity index (χ0) is 18.5. The minimum Gasteiger partial charge on any atom is -0.352 e. The Morgan fingerprint density at radius 1 is 1.38 bits per heavy atom. The van der Waals surface area contributed by atoms with Crippen LogP contribution < -0.4 is 5.32 Å². The van der Waals surface area contributed by atoms with Gasteiger partial charge in [0.05, 0.1) is 12.1 Å². The van der Waals surface area contributed by atoms with E-state index in [1.54, 1.807) is 23.7 Å². The van der Waals surface area contributed by atoms with Crippen LogP contribution in [0.1, 0.15) is 32.9 Å². The molecule has 2 aromatic heterocycles. The van der Waals surface area contributed by atoms with Gasteiger partial charge in [-0.15, -0.1) is 11.3 Å². The van der Waals surface area contributed by atoms with Gasteiger partial charge >= 0.3 is 0 Å². The Bertz CT molecular complexity index is 708. The maximum absolute atomic E-state index is 12.4. The highest BCUT2D eigenvalue weighted by atomic mass is 32.1. The largest absolute Gasteiger partial charge is 0.352 e. The van der Waals surface area contributed by atoms with Crippen LogP contribution in [-0.2, 0) is 11.2 Å². The number of pyridine rings is 1. The first kappa shape index (κ1) is 19.0. The summed E-state index contributed by atoms with van der Waals surface area (Å²) in [6, 6.07) is 4.03. The molecule has 1 fully saturated rings. The van der Waals surface area contributed by atoms with Crippen molar-refractivity contribution < 1.29 is 4.79 Å². The second kappa shape index (κ2) is 8.73. The van der Waals surface area contributed by atoms with Crippen LogP contribution in [0.15, 0.2) is 29.9 Å². The molecule has 0 radical (unpaired) electrons. The SMILES string of the molecule is CC1CC(C)CN(CC(C)NC(=O)Cc2csc(-c3cccnc3)n2)C1. The molecule has 0 spiro atoms. The van der Waals surface area contributed by atoms with E-state index in [1.165, 1.54) is 6.42 Å². The van der Waals surface area contributed by atoms with E-state index in [-0.39, 0.29) is 11.9 Å². The Kier molecular flexibility index (Phi) is 6.38. The summed E-state index contributed by atoms with van der Waals surface area (Å²) in [5.41, 5.74) is 1.81. The average molecular weight is 373 g/mol. The van der Waals surface area contributed by atoms with Crippen molar-refractivity contribution in [1.29, 1.82) is 0 Å². The fourth-order valence-electron chi connectivity index (χ4n) is 3.87. The number of amides is 1. The number of nitrogens with zero attached hydrogens (tertiary/aromatic N) is 3. The zero-order valence-electron chi connectivity index (χ0n) is 15.8. The van der Waals surface area contributed by atoms with Crippen molar-refractivity contribution in [2.24, 2.45) is 11.8 Å². The van der Waals surface area contributed by atoms with Gasteiger partial charge in [0, 0.05) is 49.0 Å². The standard InChI is InChI=1S/C20H28N4OS/c1-14-7-15(2)11-24(10-14)12-16(3)22-19(25)8-18-13-26-20(23-18)17-5-4-6-21-9-17/h4-6,9,13-16H,7-8,10-12H2,1-3H3,(H,22,25). The van der Waals surface area contributed by atoms with Gasteiger partial charge in [-0.2, -0.15) is 0 Å². The highest BCUT2D eigenvalue weighted by Gasteiger charge is 2.23. The molecule has 3 unspecified atom stereocenters. The quantitative estimate of drug-likeness (QED) is 0.846. The molecule has 1 saturated heterocycles. The minimum absolute atomic E-state index is 0.0404. The first-order chi connectivity index (χ1) is 12.5. The second-order valence-electron chi connectivity index (χ2n) is 7.70. The molecule has 2 aromatic rings. The number of carbonyl (C=O) groups is 1. The fourth-order valence-corrected chi connectivity index (χ4v) is 4.68. The Morgan fingerprint density at radius 3 is 2.85 bits per heavy atom. The zero-order valence-corrected chi connectivity index (χ0v) is 16.6. The minimum atomic E-state index is 0.0404. The highest BCUT2D eigenvalue weighted by molar-refractivity contribution is 7.13. The number of hydrogen-bond acceptors (Lipinski definition) is 5. The summed E-state index contributed by atoms with van der Waals surface area (Å²) in [4.78, 5) is 23.5. The van der Waals surface area contributed by atoms with Gasteiger partial charge in [-0.25, -0.2) is 4.98 Å². The third-order valence-corrected chi connectivity index (χ3v) is 5.63. The molecule has 1 aliphatic rings. The molecule has 140 valence electrons. The lowest BCUT2D eigenvalue weighted by Gasteiger charge is -2.36. The number of aromatic nitrogens is 2. The van der Waals surface area contributed by atoms with Gasteiger partial charge in [0.2, 0.25) is 5.91 Å². The third kappa shape index (κ3) is 5.35. The number of thiazole rings is 1. The van der Waals surface area contributed by atoms with E-state index in [1.807, 2.05) is 17.5 Å². The molecular formula is C20H28N4OS. The molecule has 6 heteroatoms. The van der Waals surface area contributed by atoms with Crippen LogP contribution >= 0.6 is 11.3 Å². The van der Waals surface area contributed by atoms with Crippen LogP contribution in [0.2, 0.25) is 0 Å². The average Bonchev–Trinajstić information content (AvgIpc) is 3.02. The summed E-state index contributed by atoms with van der Waals surface area (Å²) < 4.78 is 0. The summed E-state index contributed by atoms with van der Waals surface area (Å²) in [6.07, 6.45) is 5.18. The first-order valence-electron chi connectivity index (χ1n) is 9.36. The van der Waals surface area contributed by atoms with Gasteiger partial charge in [-0.3, -0.25) is 9.78 Å². The van der Waals surface area contributed by atoms with Gasteiger partial charge in [0.15, 0.2) is 0 Å². The molecule has 1 N–H and O–H groups in total. The van der Waals surface area contributed by atoms with Gasteiger partial charge in [-0.1, -0.05) is 13.8 Å². The van der Waals surface area contributed by atoms with Crippen molar-refractivity contribution in [1.82, 2.24) is 20.2 Å². The van der Waals surface area contributed by atoms with Crippen LogP contribution in [0.4, 0.5) is 0 Å². The van der Waals surface area contributed by atoms with Gasteiger partial charge < -0.3 is 10.2 Å². The molecule has 0 bridgehead atoms. The molecule has 0 aliphatic carbocycles. The van der Waals surface area contributed by atoms with Crippen molar-refractivity contribution in [3.05, 3.63) is 35.6 Å². The van der Waals surface area contributed by atoms with Crippen LogP contribution in [-0.4, -0.2) is 46.5 Å². The highest BCUT2D eigenvalue weighted by Crippen LogP contribution is 2.23. The molecule has 3 heterocycles. The Labute approximate surface area is 159 Å². The van der Waals surface area contributed by atoms with Crippen LogP contribution in [0, 0.1) is 11.8 Å². The molecule has 1 aliphatic heterocycles. The summed E-state index contributed by atoms with van der Waals surface area (Å²) >= 11 is 1.55. The fraction of sp³-hybridized carbons (Fsp3) is 0.550. The maximum Gasteiger partial charge on any atom is 0.226 e. The monoisotopic (exact) mass is 372 g/mol. The van der Waals surface area contributed by atoms with Crippen molar-refractivity contribution >= 4 is 17.2 Å². The topological polar surface area (TPSA) is 58.1 Å². The number of nitrogens with one attached hydrogen (secondary N) is 1. The Morgan fingerprint density at radius 2 is 2.15 bits per heavy atom. The lowest BCUT2D eigenvalue weighted by Crippen LogP contribution is -2.47. The molecule has 0 aromatic carbocycles. The van der Waals surface area contributed by atoms with E-state index < -0.39 is 0 Å². The lowest BCUT2D eigenvalue weighted by atomic mass is 9.92. The van der Waals surface area contributed by atoms with Crippen molar-refractivity contribution in [2.45, 2.75) is 39.7 Å². The summed E-state index contributed by atoms with van der Waals surface area (Å²) in [6.45, 7) is 9.89. The molecule has 1 amide bonds. The summed E-state index contributed by atoms with van der Waals surface area (Å²) in [7, 11) is 0. The first-order valence-corrected chi connectivity index (χ1v) is 10.2. The summed E-state index contributed by atoms with van der Waals surface area (Å²) in [5, 5.41) is 5.99. The number of carbonyl (C=O) groups excluding carboxylic acids is 1. The van der Waals surface area contributed by atoms with E-state index in [9.17, 15) is 4.79 Å². The second-order valence-corrected chi connectivity index (χ2v) is 8.55. The summed E-state index contributed by atoms with van der Waals surface area (Å²) in [5.74, 6) is 1.52. The number of hydrogen-bond donors (Lipinski definition) is 1. The van der Waals surface area contributed by atoms with E-state index in [2.05, 4.69) is 41.0 Å². The van der Waals surface area contributed by atoms with Crippen molar-refractivity contribution in [3.8, 4) is 10.6 Å². The van der Waals surface area contributed by atoms with Gasteiger partial charge in [-0.05, 0) is 37.3 Å². The van der Waals surface area contributed by atoms with Crippen LogP contribution in [0.5, 0.6) is 0 Å². The number of piperidine rings is 1. The van der Waals surface area contributed by atoms with Gasteiger partial charge in [0.1, 0.15) is 5.01 Å². The molecule has 26 heavy (non-hydrogen) atoms. The predicted octanol–water partition coefficient (Wildman–Crippen LogP) is 3.23. The van der Waals surface area contributed by atoms with Crippen molar-refractivity contribution in [3.63, 3.8) is 0 Å². The molecular weight excluding hydrogens is 344 g/mol. The van der Waals surface area contributed by atoms with Crippen molar-refractivity contribution in [2.75, 3.05) is 19.6 Å². The van der Waals surface area contributed by atoms with Crippen LogP contribution in [0.3, 0.4) is 0 Å². The molecule has 0 saturated carbocycles. The van der Waals surface area contributed by atoms with Crippen LogP contribution in [0.25, 0.3) is 10.6 Å². The predicted molar refractivity (Wildman–Crippen MR) is 106 cm³/mol. The Balaban J connectivity index is 1.48. The Hall–Kier alpha value is -1.79. The molecule has 3 atom stereocenters. The molecule has 5 nitrogen and oxygen atoms in total. The van der Waals surface area contributed by atoms with E-state index in [4.69, 9.17) is 0 Å². The smallest absolute Gasteiger partial charge is 0.226 e. The number of likely N-dealkylation sites (tertiary alicyclic amines) is 1. The third-order valence-electron chi connectivity index (χ3n) is 4.69. The van der Waals surface area contributed by atoms with E-state index >= 15 is 0 Å². The van der Waals surface area contributed by atoms with E-state index in [0.717, 1.165) is 47.7 Å². The lowest BCUT2D eigenvalue weighted by molar-refractivity contribution is -0.121.